The molecule has 1 aliphatic heterocycles. The van der Waals surface area contributed by atoms with Gasteiger partial charge in [0.25, 0.3) is 0 Å². The first-order valence-electron chi connectivity index (χ1n) is 6.45. The third-order valence-corrected chi connectivity index (χ3v) is 4.12. The van der Waals surface area contributed by atoms with Crippen molar-refractivity contribution < 1.29 is 0 Å². The lowest BCUT2D eigenvalue weighted by Gasteiger charge is -2.35. The molecule has 0 bridgehead atoms. The maximum atomic E-state index is 6.09. The van der Waals surface area contributed by atoms with E-state index in [1.807, 2.05) is 13.8 Å². The van der Waals surface area contributed by atoms with Crippen LogP contribution < -0.4 is 5.32 Å². The average Bonchev–Trinajstić information content (AvgIpc) is 2.30. The van der Waals surface area contributed by atoms with Crippen LogP contribution in [-0.2, 0) is 0 Å². The molecule has 1 fully saturated rings. The summed E-state index contributed by atoms with van der Waals surface area (Å²) in [6, 6.07) is 1.08. The quantitative estimate of drug-likeness (QED) is 0.838. The molecule has 18 heavy (non-hydrogen) atoms. The Morgan fingerprint density at radius 2 is 2.06 bits per heavy atom. The second-order valence-electron chi connectivity index (χ2n) is 5.23. The van der Waals surface area contributed by atoms with Crippen LogP contribution in [0.3, 0.4) is 0 Å². The maximum Gasteiger partial charge on any atom is 0.137 e. The molecular weight excluding hydrogens is 248 g/mol. The summed E-state index contributed by atoms with van der Waals surface area (Å²) >= 11 is 6.09. The summed E-state index contributed by atoms with van der Waals surface area (Å²) in [7, 11) is 2.18. The number of piperidine rings is 1. The topological polar surface area (TPSA) is 41.1 Å². The van der Waals surface area contributed by atoms with Crippen LogP contribution >= 0.6 is 11.6 Å². The van der Waals surface area contributed by atoms with Gasteiger partial charge in [0.2, 0.25) is 0 Å². The Labute approximate surface area is 114 Å². The van der Waals surface area contributed by atoms with Crippen molar-refractivity contribution in [1.29, 1.82) is 0 Å². The van der Waals surface area contributed by atoms with Gasteiger partial charge in [-0.25, -0.2) is 9.97 Å². The number of aryl methyl sites for hydroxylation is 1. The van der Waals surface area contributed by atoms with Crippen molar-refractivity contribution >= 4 is 17.4 Å². The lowest BCUT2D eigenvalue weighted by atomic mass is 9.99. The smallest absolute Gasteiger partial charge is 0.137 e. The molecule has 5 heteroatoms. The Balaban J connectivity index is 2.10. The van der Waals surface area contributed by atoms with Crippen molar-refractivity contribution in [2.45, 2.75) is 45.7 Å². The first-order chi connectivity index (χ1) is 8.47. The fourth-order valence-electron chi connectivity index (χ4n) is 2.35. The summed E-state index contributed by atoms with van der Waals surface area (Å²) in [5.41, 5.74) is 0.939. The molecule has 2 heterocycles. The number of halogens is 1. The summed E-state index contributed by atoms with van der Waals surface area (Å²) in [4.78, 5) is 11.0. The lowest BCUT2D eigenvalue weighted by molar-refractivity contribution is 0.190. The Bertz CT molecular complexity index is 435. The molecule has 2 rings (SSSR count). The fourth-order valence-corrected chi connectivity index (χ4v) is 2.56. The van der Waals surface area contributed by atoms with E-state index < -0.39 is 0 Å². The predicted octanol–water partition coefficient (Wildman–Crippen LogP) is 2.64. The van der Waals surface area contributed by atoms with E-state index >= 15 is 0 Å². The summed E-state index contributed by atoms with van der Waals surface area (Å²) in [6.07, 6.45) is 2.28. The van der Waals surface area contributed by atoms with Gasteiger partial charge >= 0.3 is 0 Å². The average molecular weight is 269 g/mol. The zero-order valence-electron chi connectivity index (χ0n) is 11.5. The van der Waals surface area contributed by atoms with E-state index in [0.29, 0.717) is 23.1 Å². The van der Waals surface area contributed by atoms with Gasteiger partial charge in [-0.15, -0.1) is 0 Å². The number of aromatic nitrogens is 2. The lowest BCUT2D eigenvalue weighted by Crippen LogP contribution is -2.42. The van der Waals surface area contributed by atoms with E-state index in [1.165, 1.54) is 0 Å². The van der Waals surface area contributed by atoms with E-state index in [9.17, 15) is 0 Å². The van der Waals surface area contributed by atoms with Crippen molar-refractivity contribution in [2.24, 2.45) is 0 Å². The number of likely N-dealkylation sites (tertiary alicyclic amines) is 1. The van der Waals surface area contributed by atoms with Crippen molar-refractivity contribution in [3.05, 3.63) is 16.5 Å². The van der Waals surface area contributed by atoms with Crippen molar-refractivity contribution in [3.8, 4) is 0 Å². The highest BCUT2D eigenvalue weighted by Gasteiger charge is 2.23. The number of hydrogen-bond acceptors (Lipinski definition) is 4. The first kappa shape index (κ1) is 13.6. The van der Waals surface area contributed by atoms with Gasteiger partial charge in [0.05, 0.1) is 0 Å². The molecule has 0 amide bonds. The summed E-state index contributed by atoms with van der Waals surface area (Å²) in [5.74, 6) is 1.60. The van der Waals surface area contributed by atoms with Gasteiger partial charge in [-0.05, 0) is 40.7 Å². The number of anilines is 1. The molecule has 0 spiro atoms. The number of rotatable bonds is 2. The fraction of sp³-hybridized carbons (Fsp3) is 0.692. The number of hydrogen-bond donors (Lipinski definition) is 1. The van der Waals surface area contributed by atoms with Crippen LogP contribution in [0.1, 0.15) is 31.2 Å². The molecule has 1 aromatic heterocycles. The zero-order chi connectivity index (χ0) is 13.3. The minimum absolute atomic E-state index is 0.472. The molecule has 2 atom stereocenters. The molecule has 0 saturated carbocycles. The number of nitrogens with one attached hydrogen (secondary N) is 1. The standard InChI is InChI=1S/C13H21ClN4/c1-8-7-11(5-6-18(8)4)17-13-9(2)12(14)15-10(3)16-13/h8,11H,5-7H2,1-4H3,(H,15,16,17). The molecule has 1 N–H and O–H groups in total. The largest absolute Gasteiger partial charge is 0.367 e. The molecule has 4 nitrogen and oxygen atoms in total. The first-order valence-corrected chi connectivity index (χ1v) is 6.82. The maximum absolute atomic E-state index is 6.09. The molecule has 1 saturated heterocycles. The Morgan fingerprint density at radius 1 is 1.33 bits per heavy atom. The molecule has 0 aromatic carbocycles. The van der Waals surface area contributed by atoms with E-state index in [0.717, 1.165) is 30.8 Å². The summed E-state index contributed by atoms with van der Waals surface area (Å²) < 4.78 is 0. The van der Waals surface area contributed by atoms with Crippen LogP contribution in [0.4, 0.5) is 5.82 Å². The van der Waals surface area contributed by atoms with Gasteiger partial charge in [-0.1, -0.05) is 11.6 Å². The second kappa shape index (κ2) is 5.41. The van der Waals surface area contributed by atoms with Gasteiger partial charge < -0.3 is 10.2 Å². The highest BCUT2D eigenvalue weighted by molar-refractivity contribution is 6.30. The molecule has 1 aromatic rings. The SMILES string of the molecule is Cc1nc(Cl)c(C)c(NC2CCN(C)C(C)C2)n1. The Morgan fingerprint density at radius 3 is 2.72 bits per heavy atom. The molecule has 0 radical (unpaired) electrons. The van der Waals surface area contributed by atoms with E-state index in [4.69, 9.17) is 11.6 Å². The molecule has 100 valence electrons. The monoisotopic (exact) mass is 268 g/mol. The van der Waals surface area contributed by atoms with Crippen LogP contribution in [0.25, 0.3) is 0 Å². The normalized spacial score (nSPS) is 25.2. The summed E-state index contributed by atoms with van der Waals surface area (Å²) in [5, 5.41) is 4.07. The predicted molar refractivity (Wildman–Crippen MR) is 75.3 cm³/mol. The Hall–Kier alpha value is -0.870. The van der Waals surface area contributed by atoms with Crippen LogP contribution in [0.15, 0.2) is 0 Å². The summed E-state index contributed by atoms with van der Waals surface area (Å²) in [6.45, 7) is 7.21. The van der Waals surface area contributed by atoms with Crippen molar-refractivity contribution in [2.75, 3.05) is 18.9 Å². The van der Waals surface area contributed by atoms with Gasteiger partial charge in [-0.2, -0.15) is 0 Å². The van der Waals surface area contributed by atoms with Crippen LogP contribution in [0.5, 0.6) is 0 Å². The Kier molecular flexibility index (Phi) is 4.07. The third kappa shape index (κ3) is 2.93. The second-order valence-corrected chi connectivity index (χ2v) is 5.59. The molecule has 2 unspecified atom stereocenters. The van der Waals surface area contributed by atoms with Crippen molar-refractivity contribution in [3.63, 3.8) is 0 Å². The molecule has 1 aliphatic rings. The minimum atomic E-state index is 0.472. The highest BCUT2D eigenvalue weighted by Crippen LogP contribution is 2.24. The zero-order valence-corrected chi connectivity index (χ0v) is 12.3. The van der Waals surface area contributed by atoms with E-state index in [-0.39, 0.29) is 0 Å². The third-order valence-electron chi connectivity index (χ3n) is 3.75. The van der Waals surface area contributed by atoms with E-state index in [1.54, 1.807) is 0 Å². The van der Waals surface area contributed by atoms with Crippen molar-refractivity contribution in [1.82, 2.24) is 14.9 Å². The molecule has 0 aliphatic carbocycles. The van der Waals surface area contributed by atoms with Gasteiger partial charge in [0.15, 0.2) is 0 Å². The van der Waals surface area contributed by atoms with Crippen LogP contribution in [0.2, 0.25) is 5.15 Å². The van der Waals surface area contributed by atoms with Crippen LogP contribution in [-0.4, -0.2) is 40.5 Å². The van der Waals surface area contributed by atoms with Gasteiger partial charge in [-0.3, -0.25) is 0 Å². The van der Waals surface area contributed by atoms with E-state index in [2.05, 4.69) is 34.2 Å². The number of nitrogens with zero attached hydrogens (tertiary/aromatic N) is 3. The molecular formula is C13H21ClN4. The van der Waals surface area contributed by atoms with Gasteiger partial charge in [0, 0.05) is 24.2 Å². The van der Waals surface area contributed by atoms with Gasteiger partial charge in [0.1, 0.15) is 16.8 Å². The minimum Gasteiger partial charge on any atom is -0.367 e. The van der Waals surface area contributed by atoms with Crippen LogP contribution in [0, 0.1) is 13.8 Å². The highest BCUT2D eigenvalue weighted by atomic mass is 35.5.